The number of benzene rings is 2. The highest BCUT2D eigenvalue weighted by Gasteiger charge is 2.16. The van der Waals surface area contributed by atoms with Gasteiger partial charge in [-0.05, 0) is 30.3 Å². The van der Waals surface area contributed by atoms with Crippen molar-refractivity contribution in [1.29, 1.82) is 0 Å². The third kappa shape index (κ3) is 3.16. The van der Waals surface area contributed by atoms with Crippen molar-refractivity contribution in [3.05, 3.63) is 54.0 Å². The second-order valence-corrected chi connectivity index (χ2v) is 5.27. The molecule has 3 rings (SSSR count). The van der Waals surface area contributed by atoms with Gasteiger partial charge in [-0.1, -0.05) is 0 Å². The molecular weight excluding hydrogens is 325 g/mol. The molecule has 0 atom stereocenters. The van der Waals surface area contributed by atoms with Gasteiger partial charge < -0.3 is 20.5 Å². The van der Waals surface area contributed by atoms with E-state index < -0.39 is 5.91 Å². The smallest absolute Gasteiger partial charge is 0.252 e. The molecule has 0 bridgehead atoms. The Balaban J connectivity index is 2.22. The van der Waals surface area contributed by atoms with Crippen molar-refractivity contribution < 1.29 is 18.7 Å². The van der Waals surface area contributed by atoms with E-state index in [1.807, 2.05) is 0 Å². The van der Waals surface area contributed by atoms with E-state index in [1.54, 1.807) is 24.3 Å². The number of hydrogen-bond donors (Lipinski definition) is 2. The fourth-order valence-electron chi connectivity index (χ4n) is 2.52. The molecule has 1 heterocycles. The molecule has 0 aliphatic rings. The normalized spacial score (nSPS) is 10.5. The van der Waals surface area contributed by atoms with Gasteiger partial charge in [0.25, 0.3) is 5.91 Å². The number of ether oxygens (including phenoxy) is 2. The number of primary amides is 1. The largest absolute Gasteiger partial charge is 0.493 e. The van der Waals surface area contributed by atoms with Crippen molar-refractivity contribution >= 4 is 28.2 Å². The molecule has 128 valence electrons. The number of pyridine rings is 1. The summed E-state index contributed by atoms with van der Waals surface area (Å²) >= 11 is 0. The number of halogens is 1. The zero-order valence-corrected chi connectivity index (χ0v) is 13.7. The van der Waals surface area contributed by atoms with Crippen molar-refractivity contribution in [1.82, 2.24) is 4.98 Å². The van der Waals surface area contributed by atoms with Crippen LogP contribution in [0.5, 0.6) is 11.5 Å². The molecule has 0 spiro atoms. The van der Waals surface area contributed by atoms with Crippen LogP contribution in [0.4, 0.5) is 15.8 Å². The lowest BCUT2D eigenvalue weighted by molar-refractivity contribution is 0.100. The number of nitrogens with zero attached hydrogens (tertiary/aromatic N) is 1. The standard InChI is InChI=1S/C18H16FN3O3/c1-24-15-7-12-14(8-16(15)25-2)21-9-13(18(20)23)17(12)22-11-5-3-10(19)4-6-11/h3-9H,1-2H3,(H2,20,23)(H,21,22). The van der Waals surface area contributed by atoms with Gasteiger partial charge in [0.2, 0.25) is 0 Å². The van der Waals surface area contributed by atoms with Gasteiger partial charge in [0.05, 0.1) is 31.0 Å². The van der Waals surface area contributed by atoms with Gasteiger partial charge >= 0.3 is 0 Å². The third-order valence-electron chi connectivity index (χ3n) is 3.75. The van der Waals surface area contributed by atoms with Crippen molar-refractivity contribution in [2.24, 2.45) is 5.73 Å². The maximum Gasteiger partial charge on any atom is 0.252 e. The zero-order chi connectivity index (χ0) is 18.0. The van der Waals surface area contributed by atoms with E-state index in [4.69, 9.17) is 15.2 Å². The molecule has 1 amide bonds. The lowest BCUT2D eigenvalue weighted by atomic mass is 10.1. The third-order valence-corrected chi connectivity index (χ3v) is 3.75. The summed E-state index contributed by atoms with van der Waals surface area (Å²) in [5.74, 6) is 0.0168. The molecule has 6 nitrogen and oxygen atoms in total. The molecule has 25 heavy (non-hydrogen) atoms. The molecule has 2 aromatic carbocycles. The first kappa shape index (κ1) is 16.5. The number of fused-ring (bicyclic) bond motifs is 1. The first-order valence-electron chi connectivity index (χ1n) is 7.40. The summed E-state index contributed by atoms with van der Waals surface area (Å²) in [6.07, 6.45) is 1.39. The summed E-state index contributed by atoms with van der Waals surface area (Å²) < 4.78 is 23.7. The van der Waals surface area contributed by atoms with Crippen LogP contribution < -0.4 is 20.5 Å². The zero-order valence-electron chi connectivity index (χ0n) is 13.7. The van der Waals surface area contributed by atoms with Gasteiger partial charge in [-0.3, -0.25) is 9.78 Å². The number of amides is 1. The van der Waals surface area contributed by atoms with Crippen LogP contribution in [0.15, 0.2) is 42.6 Å². The molecule has 0 fully saturated rings. The van der Waals surface area contributed by atoms with Gasteiger partial charge in [0.15, 0.2) is 11.5 Å². The fraction of sp³-hybridized carbons (Fsp3) is 0.111. The molecule has 7 heteroatoms. The predicted molar refractivity (Wildman–Crippen MR) is 93.0 cm³/mol. The van der Waals surface area contributed by atoms with Crippen LogP contribution in [0, 0.1) is 5.82 Å². The molecule has 3 aromatic rings. The van der Waals surface area contributed by atoms with Crippen LogP contribution in [0.2, 0.25) is 0 Å². The van der Waals surface area contributed by atoms with Gasteiger partial charge in [-0.25, -0.2) is 4.39 Å². The number of aromatic nitrogens is 1. The van der Waals surface area contributed by atoms with Crippen molar-refractivity contribution in [2.75, 3.05) is 19.5 Å². The highest BCUT2D eigenvalue weighted by Crippen LogP contribution is 2.37. The number of carbonyl (C=O) groups is 1. The van der Waals surface area contributed by atoms with Crippen molar-refractivity contribution in [3.63, 3.8) is 0 Å². The van der Waals surface area contributed by atoms with E-state index >= 15 is 0 Å². The Kier molecular flexibility index (Phi) is 4.38. The number of anilines is 2. The fourth-order valence-corrected chi connectivity index (χ4v) is 2.52. The SMILES string of the molecule is COc1cc2ncc(C(N)=O)c(Nc3ccc(F)cc3)c2cc1OC. The number of rotatable bonds is 5. The van der Waals surface area contributed by atoms with E-state index in [2.05, 4.69) is 10.3 Å². The summed E-state index contributed by atoms with van der Waals surface area (Å²) in [4.78, 5) is 16.1. The highest BCUT2D eigenvalue weighted by molar-refractivity contribution is 6.08. The number of hydrogen-bond acceptors (Lipinski definition) is 5. The molecule has 0 aliphatic heterocycles. The lowest BCUT2D eigenvalue weighted by Gasteiger charge is -2.15. The Morgan fingerprint density at radius 3 is 2.36 bits per heavy atom. The minimum Gasteiger partial charge on any atom is -0.493 e. The van der Waals surface area contributed by atoms with Gasteiger partial charge in [-0.15, -0.1) is 0 Å². The molecule has 0 saturated heterocycles. The molecule has 0 radical (unpaired) electrons. The molecule has 3 N–H and O–H groups in total. The minimum absolute atomic E-state index is 0.212. The van der Waals surface area contributed by atoms with Crippen LogP contribution in [0.3, 0.4) is 0 Å². The number of carbonyl (C=O) groups excluding carboxylic acids is 1. The Morgan fingerprint density at radius 1 is 1.12 bits per heavy atom. The number of nitrogens with two attached hydrogens (primary N) is 1. The van der Waals surface area contributed by atoms with Crippen LogP contribution in [0.1, 0.15) is 10.4 Å². The highest BCUT2D eigenvalue weighted by atomic mass is 19.1. The van der Waals surface area contributed by atoms with Gasteiger partial charge in [-0.2, -0.15) is 0 Å². The molecular formula is C18H16FN3O3. The summed E-state index contributed by atoms with van der Waals surface area (Å²) in [5, 5.41) is 3.73. The predicted octanol–water partition coefficient (Wildman–Crippen LogP) is 3.23. The van der Waals surface area contributed by atoms with Crippen molar-refractivity contribution in [2.45, 2.75) is 0 Å². The number of methoxy groups -OCH3 is 2. The maximum atomic E-state index is 13.1. The first-order chi connectivity index (χ1) is 12.0. The molecule has 0 saturated carbocycles. The number of nitrogens with one attached hydrogen (secondary N) is 1. The lowest BCUT2D eigenvalue weighted by Crippen LogP contribution is -2.14. The monoisotopic (exact) mass is 341 g/mol. The van der Waals surface area contributed by atoms with Crippen LogP contribution in [-0.4, -0.2) is 25.1 Å². The Labute approximate surface area is 143 Å². The van der Waals surface area contributed by atoms with E-state index in [0.29, 0.717) is 33.8 Å². The van der Waals surface area contributed by atoms with E-state index in [9.17, 15) is 9.18 Å². The summed E-state index contributed by atoms with van der Waals surface area (Å²) in [6.45, 7) is 0. The maximum absolute atomic E-state index is 13.1. The van der Waals surface area contributed by atoms with Crippen LogP contribution >= 0.6 is 0 Å². The molecule has 0 unspecified atom stereocenters. The van der Waals surface area contributed by atoms with Gasteiger partial charge in [0.1, 0.15) is 5.82 Å². The van der Waals surface area contributed by atoms with E-state index in [1.165, 1.54) is 32.5 Å². The summed E-state index contributed by atoms with van der Waals surface area (Å²) in [5.41, 5.74) is 7.34. The van der Waals surface area contributed by atoms with E-state index in [-0.39, 0.29) is 11.4 Å². The van der Waals surface area contributed by atoms with Crippen LogP contribution in [-0.2, 0) is 0 Å². The average molecular weight is 341 g/mol. The Morgan fingerprint density at radius 2 is 1.76 bits per heavy atom. The van der Waals surface area contributed by atoms with E-state index in [0.717, 1.165) is 0 Å². The molecule has 0 aliphatic carbocycles. The second kappa shape index (κ2) is 6.64. The summed E-state index contributed by atoms with van der Waals surface area (Å²) in [7, 11) is 3.04. The average Bonchev–Trinajstić information content (AvgIpc) is 2.62. The van der Waals surface area contributed by atoms with Gasteiger partial charge in [0, 0.05) is 23.3 Å². The first-order valence-corrected chi connectivity index (χ1v) is 7.40. The Bertz CT molecular complexity index is 942. The second-order valence-electron chi connectivity index (χ2n) is 5.27. The quantitative estimate of drug-likeness (QED) is 0.744. The van der Waals surface area contributed by atoms with Crippen LogP contribution in [0.25, 0.3) is 10.9 Å². The Hall–Kier alpha value is -3.35. The molecule has 1 aromatic heterocycles. The van der Waals surface area contributed by atoms with Crippen molar-refractivity contribution in [3.8, 4) is 11.5 Å². The topological polar surface area (TPSA) is 86.5 Å². The minimum atomic E-state index is -0.631. The summed E-state index contributed by atoms with van der Waals surface area (Å²) in [6, 6.07) is 9.17.